The van der Waals surface area contributed by atoms with Gasteiger partial charge >= 0.3 is 0 Å². The standard InChI is InChI=1S/C14H17N3/c1-4-12-10(2)13(15-3)17-14(16-12)11-8-6-5-7-9-11/h5-9H,4H2,1-3H3,(H,15,16,17). The lowest BCUT2D eigenvalue weighted by Crippen LogP contribution is -2.04. The van der Waals surface area contributed by atoms with Crippen LogP contribution in [-0.2, 0) is 6.42 Å². The molecule has 0 amide bonds. The third-order valence-electron chi connectivity index (χ3n) is 2.85. The Morgan fingerprint density at radius 3 is 2.41 bits per heavy atom. The van der Waals surface area contributed by atoms with Gasteiger partial charge in [-0.3, -0.25) is 0 Å². The van der Waals surface area contributed by atoms with Gasteiger partial charge in [0.2, 0.25) is 0 Å². The van der Waals surface area contributed by atoms with Crippen molar-refractivity contribution in [3.8, 4) is 11.4 Å². The number of nitrogens with zero attached hydrogens (tertiary/aromatic N) is 2. The molecule has 0 atom stereocenters. The van der Waals surface area contributed by atoms with Gasteiger partial charge in [-0.25, -0.2) is 9.97 Å². The Kier molecular flexibility index (Phi) is 3.38. The van der Waals surface area contributed by atoms with Crippen molar-refractivity contribution >= 4 is 5.82 Å². The number of hydrogen-bond donors (Lipinski definition) is 1. The number of benzene rings is 1. The van der Waals surface area contributed by atoms with E-state index in [0.29, 0.717) is 0 Å². The van der Waals surface area contributed by atoms with Crippen LogP contribution >= 0.6 is 0 Å². The summed E-state index contributed by atoms with van der Waals surface area (Å²) in [5, 5.41) is 3.13. The van der Waals surface area contributed by atoms with E-state index in [2.05, 4.69) is 29.1 Å². The first kappa shape index (κ1) is 11.6. The zero-order valence-electron chi connectivity index (χ0n) is 10.5. The maximum atomic E-state index is 4.62. The van der Waals surface area contributed by atoms with Gasteiger partial charge in [0.25, 0.3) is 0 Å². The fraction of sp³-hybridized carbons (Fsp3) is 0.286. The molecule has 0 radical (unpaired) electrons. The van der Waals surface area contributed by atoms with Gasteiger partial charge < -0.3 is 5.32 Å². The molecule has 0 bridgehead atoms. The largest absolute Gasteiger partial charge is 0.373 e. The second-order valence-electron chi connectivity index (χ2n) is 3.94. The monoisotopic (exact) mass is 227 g/mol. The SMILES string of the molecule is CCc1nc(-c2ccccc2)nc(NC)c1C. The van der Waals surface area contributed by atoms with Crippen LogP contribution in [0.15, 0.2) is 30.3 Å². The lowest BCUT2D eigenvalue weighted by Gasteiger charge is -2.11. The predicted molar refractivity (Wildman–Crippen MR) is 71.1 cm³/mol. The van der Waals surface area contributed by atoms with Gasteiger partial charge in [0.1, 0.15) is 5.82 Å². The van der Waals surface area contributed by atoms with Gasteiger partial charge in [0.15, 0.2) is 5.82 Å². The highest BCUT2D eigenvalue weighted by Crippen LogP contribution is 2.21. The Hall–Kier alpha value is -1.90. The van der Waals surface area contributed by atoms with Crippen molar-refractivity contribution in [3.63, 3.8) is 0 Å². The minimum Gasteiger partial charge on any atom is -0.373 e. The lowest BCUT2D eigenvalue weighted by atomic mass is 10.1. The lowest BCUT2D eigenvalue weighted by molar-refractivity contribution is 0.977. The van der Waals surface area contributed by atoms with Gasteiger partial charge in [-0.1, -0.05) is 37.3 Å². The van der Waals surface area contributed by atoms with Gasteiger partial charge in [0, 0.05) is 23.9 Å². The quantitative estimate of drug-likeness (QED) is 0.875. The smallest absolute Gasteiger partial charge is 0.161 e. The highest BCUT2D eigenvalue weighted by molar-refractivity contribution is 5.59. The van der Waals surface area contributed by atoms with Crippen LogP contribution in [0, 0.1) is 6.92 Å². The fourth-order valence-corrected chi connectivity index (χ4v) is 1.87. The first-order valence-corrected chi connectivity index (χ1v) is 5.87. The number of rotatable bonds is 3. The molecular weight excluding hydrogens is 210 g/mol. The molecule has 1 aromatic carbocycles. The number of aromatic nitrogens is 2. The third kappa shape index (κ3) is 2.28. The summed E-state index contributed by atoms with van der Waals surface area (Å²) in [5.41, 5.74) is 3.29. The molecule has 0 saturated carbocycles. The summed E-state index contributed by atoms with van der Waals surface area (Å²) >= 11 is 0. The third-order valence-corrected chi connectivity index (χ3v) is 2.85. The first-order chi connectivity index (χ1) is 8.26. The van der Waals surface area contributed by atoms with E-state index in [4.69, 9.17) is 0 Å². The molecule has 0 saturated heterocycles. The van der Waals surface area contributed by atoms with Crippen molar-refractivity contribution in [2.75, 3.05) is 12.4 Å². The van der Waals surface area contributed by atoms with E-state index in [1.807, 2.05) is 37.4 Å². The second kappa shape index (κ2) is 4.95. The average Bonchev–Trinajstić information content (AvgIpc) is 2.40. The summed E-state index contributed by atoms with van der Waals surface area (Å²) in [4.78, 5) is 9.17. The molecule has 1 heterocycles. The molecule has 3 heteroatoms. The van der Waals surface area contributed by atoms with Gasteiger partial charge in [-0.2, -0.15) is 0 Å². The van der Waals surface area contributed by atoms with Crippen molar-refractivity contribution in [3.05, 3.63) is 41.6 Å². The molecule has 3 nitrogen and oxygen atoms in total. The summed E-state index contributed by atoms with van der Waals surface area (Å²) in [6, 6.07) is 10.1. The Morgan fingerprint density at radius 2 is 1.82 bits per heavy atom. The maximum Gasteiger partial charge on any atom is 0.161 e. The molecule has 0 unspecified atom stereocenters. The summed E-state index contributed by atoms with van der Waals surface area (Å²) in [5.74, 6) is 1.70. The van der Waals surface area contributed by atoms with E-state index >= 15 is 0 Å². The molecule has 0 fully saturated rings. The molecule has 0 aliphatic heterocycles. The van der Waals surface area contributed by atoms with Gasteiger partial charge in [0.05, 0.1) is 0 Å². The van der Waals surface area contributed by atoms with Crippen molar-refractivity contribution < 1.29 is 0 Å². The molecule has 0 spiro atoms. The first-order valence-electron chi connectivity index (χ1n) is 5.87. The highest BCUT2D eigenvalue weighted by atomic mass is 15.0. The van der Waals surface area contributed by atoms with E-state index < -0.39 is 0 Å². The number of anilines is 1. The van der Waals surface area contributed by atoms with Crippen molar-refractivity contribution in [2.45, 2.75) is 20.3 Å². The molecule has 2 aromatic rings. The van der Waals surface area contributed by atoms with Crippen LogP contribution in [0.4, 0.5) is 5.82 Å². The minimum absolute atomic E-state index is 0.789. The minimum atomic E-state index is 0.789. The average molecular weight is 227 g/mol. The van der Waals surface area contributed by atoms with E-state index in [1.54, 1.807) is 0 Å². The van der Waals surface area contributed by atoms with Crippen molar-refractivity contribution in [1.29, 1.82) is 0 Å². The second-order valence-corrected chi connectivity index (χ2v) is 3.94. The van der Waals surface area contributed by atoms with Crippen LogP contribution in [0.3, 0.4) is 0 Å². The number of aryl methyl sites for hydroxylation is 1. The molecular formula is C14H17N3. The Balaban J connectivity index is 2.56. The van der Waals surface area contributed by atoms with E-state index in [-0.39, 0.29) is 0 Å². The van der Waals surface area contributed by atoms with E-state index in [9.17, 15) is 0 Å². The van der Waals surface area contributed by atoms with Crippen molar-refractivity contribution in [2.24, 2.45) is 0 Å². The van der Waals surface area contributed by atoms with Gasteiger partial charge in [-0.05, 0) is 13.3 Å². The molecule has 2 rings (SSSR count). The summed E-state index contributed by atoms with van der Waals surface area (Å²) in [7, 11) is 1.89. The molecule has 0 aliphatic carbocycles. The predicted octanol–water partition coefficient (Wildman–Crippen LogP) is 3.06. The van der Waals surface area contributed by atoms with Crippen LogP contribution in [0.5, 0.6) is 0 Å². The van der Waals surface area contributed by atoms with E-state index in [1.165, 1.54) is 0 Å². The van der Waals surface area contributed by atoms with Crippen LogP contribution in [0.1, 0.15) is 18.2 Å². The summed E-state index contributed by atoms with van der Waals surface area (Å²) in [6.45, 7) is 4.17. The Labute approximate surface area is 102 Å². The maximum absolute atomic E-state index is 4.62. The highest BCUT2D eigenvalue weighted by Gasteiger charge is 2.09. The number of hydrogen-bond acceptors (Lipinski definition) is 3. The molecule has 1 N–H and O–H groups in total. The fourth-order valence-electron chi connectivity index (χ4n) is 1.87. The molecule has 17 heavy (non-hydrogen) atoms. The summed E-state index contributed by atoms with van der Waals surface area (Å²) in [6.07, 6.45) is 0.920. The van der Waals surface area contributed by atoms with Crippen LogP contribution in [0.25, 0.3) is 11.4 Å². The normalized spacial score (nSPS) is 10.3. The molecule has 0 aliphatic rings. The zero-order valence-corrected chi connectivity index (χ0v) is 10.5. The molecule has 1 aromatic heterocycles. The van der Waals surface area contributed by atoms with Crippen LogP contribution in [0.2, 0.25) is 0 Å². The zero-order chi connectivity index (χ0) is 12.3. The van der Waals surface area contributed by atoms with Crippen LogP contribution in [-0.4, -0.2) is 17.0 Å². The van der Waals surface area contributed by atoms with E-state index in [0.717, 1.165) is 34.9 Å². The molecule has 88 valence electrons. The topological polar surface area (TPSA) is 37.8 Å². The summed E-state index contributed by atoms with van der Waals surface area (Å²) < 4.78 is 0. The van der Waals surface area contributed by atoms with Crippen LogP contribution < -0.4 is 5.32 Å². The Bertz CT molecular complexity index is 481. The van der Waals surface area contributed by atoms with Gasteiger partial charge in [-0.15, -0.1) is 0 Å². The Morgan fingerprint density at radius 1 is 1.12 bits per heavy atom. The number of nitrogens with one attached hydrogen (secondary N) is 1. The van der Waals surface area contributed by atoms with Crippen molar-refractivity contribution in [1.82, 2.24) is 9.97 Å².